The van der Waals surface area contributed by atoms with Gasteiger partial charge in [-0.1, -0.05) is 6.07 Å². The molecule has 1 atom stereocenters. The van der Waals surface area contributed by atoms with Crippen LogP contribution in [0.1, 0.15) is 37.7 Å². The highest BCUT2D eigenvalue weighted by atomic mass is 19.1. The van der Waals surface area contributed by atoms with Gasteiger partial charge in [0.1, 0.15) is 11.6 Å². The molecule has 22 heavy (non-hydrogen) atoms. The first-order valence-corrected chi connectivity index (χ1v) is 7.43. The summed E-state index contributed by atoms with van der Waals surface area (Å²) in [6.07, 6.45) is 2.53. The van der Waals surface area contributed by atoms with Crippen LogP contribution in [0.3, 0.4) is 0 Å². The third-order valence-corrected chi connectivity index (χ3v) is 4.03. The van der Waals surface area contributed by atoms with Crippen LogP contribution in [0.2, 0.25) is 0 Å². The van der Waals surface area contributed by atoms with Crippen molar-refractivity contribution in [3.05, 3.63) is 35.4 Å². The fourth-order valence-electron chi connectivity index (χ4n) is 2.87. The molecule has 4 nitrogen and oxygen atoms in total. The number of carbonyl (C=O) groups is 2. The molecule has 6 heteroatoms. The summed E-state index contributed by atoms with van der Waals surface area (Å²) in [6, 6.07) is 3.36. The van der Waals surface area contributed by atoms with E-state index in [-0.39, 0.29) is 30.4 Å². The lowest BCUT2D eigenvalue weighted by Gasteiger charge is -2.36. The lowest BCUT2D eigenvalue weighted by Crippen LogP contribution is -2.44. The van der Waals surface area contributed by atoms with E-state index in [0.717, 1.165) is 31.4 Å². The Morgan fingerprint density at radius 1 is 1.23 bits per heavy atom. The summed E-state index contributed by atoms with van der Waals surface area (Å²) >= 11 is 0. The van der Waals surface area contributed by atoms with Crippen LogP contribution >= 0.6 is 0 Å². The van der Waals surface area contributed by atoms with Gasteiger partial charge in [-0.2, -0.15) is 0 Å². The highest BCUT2D eigenvalue weighted by Gasteiger charge is 2.28. The average molecular weight is 311 g/mol. The second kappa shape index (κ2) is 7.33. The number of aliphatic carboxylic acids is 1. The molecule has 1 N–H and O–H groups in total. The maximum Gasteiger partial charge on any atom is 0.303 e. The predicted octanol–water partition coefficient (Wildman–Crippen LogP) is 2.75. The predicted molar refractivity (Wildman–Crippen MR) is 76.3 cm³/mol. The van der Waals surface area contributed by atoms with E-state index in [1.54, 1.807) is 4.90 Å². The molecule has 0 radical (unpaired) electrons. The Bertz CT molecular complexity index is 542. The zero-order valence-electron chi connectivity index (χ0n) is 12.2. The Hall–Kier alpha value is -1.98. The van der Waals surface area contributed by atoms with Gasteiger partial charge in [-0.15, -0.1) is 0 Å². The second-order valence-corrected chi connectivity index (χ2v) is 5.55. The maximum absolute atomic E-state index is 13.6. The molecule has 1 amide bonds. The molecule has 0 aromatic heterocycles. The molecule has 1 fully saturated rings. The van der Waals surface area contributed by atoms with Gasteiger partial charge in [0, 0.05) is 24.6 Å². The Morgan fingerprint density at radius 3 is 2.55 bits per heavy atom. The number of carboxylic acid groups (broad SMARTS) is 1. The van der Waals surface area contributed by atoms with E-state index in [0.29, 0.717) is 13.0 Å². The summed E-state index contributed by atoms with van der Waals surface area (Å²) in [7, 11) is 0. The van der Waals surface area contributed by atoms with Crippen molar-refractivity contribution in [3.63, 3.8) is 0 Å². The highest BCUT2D eigenvalue weighted by Crippen LogP contribution is 2.23. The number of amides is 1. The van der Waals surface area contributed by atoms with Gasteiger partial charge in [-0.3, -0.25) is 9.59 Å². The van der Waals surface area contributed by atoms with Crippen LogP contribution in [-0.4, -0.2) is 34.5 Å². The molecule has 0 unspecified atom stereocenters. The molecule has 1 aliphatic rings. The number of benzene rings is 1. The lowest BCUT2D eigenvalue weighted by atomic mass is 9.97. The second-order valence-electron chi connectivity index (χ2n) is 5.55. The SMILES string of the molecule is O=C(O)CC[C@@H]1CCCCN1C(=O)Cc1c(F)cccc1F. The van der Waals surface area contributed by atoms with E-state index in [1.165, 1.54) is 6.07 Å². The summed E-state index contributed by atoms with van der Waals surface area (Å²) in [6.45, 7) is 0.513. The maximum atomic E-state index is 13.6. The van der Waals surface area contributed by atoms with E-state index < -0.39 is 17.6 Å². The molecule has 0 aliphatic carbocycles. The van der Waals surface area contributed by atoms with E-state index >= 15 is 0 Å². The van der Waals surface area contributed by atoms with Crippen molar-refractivity contribution in [2.75, 3.05) is 6.54 Å². The van der Waals surface area contributed by atoms with Gasteiger partial charge in [0.25, 0.3) is 0 Å². The van der Waals surface area contributed by atoms with Gasteiger partial charge >= 0.3 is 5.97 Å². The van der Waals surface area contributed by atoms with Crippen LogP contribution in [0.5, 0.6) is 0 Å². The minimum absolute atomic E-state index is 0.0114. The van der Waals surface area contributed by atoms with Crippen molar-refractivity contribution in [3.8, 4) is 0 Å². The van der Waals surface area contributed by atoms with E-state index in [4.69, 9.17) is 5.11 Å². The molecule has 1 heterocycles. The molecule has 1 saturated heterocycles. The normalized spacial score (nSPS) is 18.3. The first-order chi connectivity index (χ1) is 10.5. The topological polar surface area (TPSA) is 57.6 Å². The van der Waals surface area contributed by atoms with Crippen LogP contribution in [0, 0.1) is 11.6 Å². The minimum atomic E-state index is -0.905. The summed E-state index contributed by atoms with van der Waals surface area (Å²) < 4.78 is 27.3. The Kier molecular flexibility index (Phi) is 5.46. The van der Waals surface area contributed by atoms with Crippen molar-refractivity contribution < 1.29 is 23.5 Å². The molecule has 0 saturated carbocycles. The van der Waals surface area contributed by atoms with Crippen molar-refractivity contribution in [1.82, 2.24) is 4.90 Å². The highest BCUT2D eigenvalue weighted by molar-refractivity contribution is 5.79. The van der Waals surface area contributed by atoms with Crippen molar-refractivity contribution in [1.29, 1.82) is 0 Å². The Morgan fingerprint density at radius 2 is 1.91 bits per heavy atom. The molecule has 1 aliphatic heterocycles. The average Bonchev–Trinajstić information content (AvgIpc) is 2.49. The first-order valence-electron chi connectivity index (χ1n) is 7.43. The number of hydrogen-bond acceptors (Lipinski definition) is 2. The number of carboxylic acids is 1. The lowest BCUT2D eigenvalue weighted by molar-refractivity contribution is -0.139. The van der Waals surface area contributed by atoms with Gasteiger partial charge in [0.2, 0.25) is 5.91 Å². The smallest absolute Gasteiger partial charge is 0.303 e. The van der Waals surface area contributed by atoms with E-state index in [2.05, 4.69) is 0 Å². The third-order valence-electron chi connectivity index (χ3n) is 4.03. The molecule has 1 aromatic carbocycles. The van der Waals surface area contributed by atoms with E-state index in [9.17, 15) is 18.4 Å². The van der Waals surface area contributed by atoms with Crippen molar-refractivity contribution in [2.45, 2.75) is 44.6 Å². The molecular weight excluding hydrogens is 292 g/mol. The monoisotopic (exact) mass is 311 g/mol. The molecule has 0 spiro atoms. The fourth-order valence-corrected chi connectivity index (χ4v) is 2.87. The Balaban J connectivity index is 2.07. The van der Waals surface area contributed by atoms with Gasteiger partial charge < -0.3 is 10.0 Å². The van der Waals surface area contributed by atoms with Crippen LogP contribution < -0.4 is 0 Å². The third kappa shape index (κ3) is 4.02. The number of piperidine rings is 1. The van der Waals surface area contributed by atoms with Crippen molar-refractivity contribution in [2.24, 2.45) is 0 Å². The molecule has 120 valence electrons. The van der Waals surface area contributed by atoms with Gasteiger partial charge in [-0.05, 0) is 37.8 Å². The quantitative estimate of drug-likeness (QED) is 0.909. The summed E-state index contributed by atoms with van der Waals surface area (Å²) in [5.74, 6) is -2.71. The van der Waals surface area contributed by atoms with Crippen LogP contribution in [0.25, 0.3) is 0 Å². The molecule has 1 aromatic rings. The van der Waals surface area contributed by atoms with Crippen molar-refractivity contribution >= 4 is 11.9 Å². The van der Waals surface area contributed by atoms with Gasteiger partial charge in [0.15, 0.2) is 0 Å². The standard InChI is InChI=1S/C16H19F2NO3/c17-13-5-3-6-14(18)12(13)10-15(20)19-9-2-1-4-11(19)7-8-16(21)22/h3,5-6,11H,1-2,4,7-10H2,(H,21,22)/t11-/m0/s1. The molecular formula is C16H19F2NO3. The number of nitrogens with zero attached hydrogens (tertiary/aromatic N) is 1. The number of carbonyl (C=O) groups excluding carboxylic acids is 1. The van der Waals surface area contributed by atoms with Gasteiger partial charge in [-0.25, -0.2) is 8.78 Å². The van der Waals surface area contributed by atoms with Gasteiger partial charge in [0.05, 0.1) is 6.42 Å². The molecule has 0 bridgehead atoms. The van der Waals surface area contributed by atoms with Crippen LogP contribution in [-0.2, 0) is 16.0 Å². The zero-order chi connectivity index (χ0) is 16.1. The number of hydrogen-bond donors (Lipinski definition) is 1. The minimum Gasteiger partial charge on any atom is -0.481 e. The Labute approximate surface area is 127 Å². The van der Waals surface area contributed by atoms with Crippen LogP contribution in [0.4, 0.5) is 8.78 Å². The summed E-state index contributed by atoms with van der Waals surface area (Å²) in [4.78, 5) is 24.7. The largest absolute Gasteiger partial charge is 0.481 e. The first kappa shape index (κ1) is 16.4. The summed E-state index contributed by atoms with van der Waals surface area (Å²) in [5.41, 5.74) is -0.227. The number of likely N-dealkylation sites (tertiary alicyclic amines) is 1. The number of rotatable bonds is 5. The van der Waals surface area contributed by atoms with Crippen LogP contribution in [0.15, 0.2) is 18.2 Å². The van der Waals surface area contributed by atoms with E-state index in [1.807, 2.05) is 0 Å². The number of halogens is 2. The summed E-state index contributed by atoms with van der Waals surface area (Å²) in [5, 5.41) is 8.77. The zero-order valence-corrected chi connectivity index (χ0v) is 12.2. The fraction of sp³-hybridized carbons (Fsp3) is 0.500. The molecule has 2 rings (SSSR count).